The van der Waals surface area contributed by atoms with Crippen LogP contribution >= 0.6 is 0 Å². The molecule has 0 radical (unpaired) electrons. The molecule has 12 heavy (non-hydrogen) atoms. The summed E-state index contributed by atoms with van der Waals surface area (Å²) in [5.74, 6) is 0. The van der Waals surface area contributed by atoms with E-state index in [0.717, 1.165) is 0 Å². The Morgan fingerprint density at radius 2 is 1.25 bits per heavy atom. The van der Waals surface area contributed by atoms with Crippen LogP contribution in [0.25, 0.3) is 0 Å². The van der Waals surface area contributed by atoms with Crippen LogP contribution < -0.4 is 0 Å². The van der Waals surface area contributed by atoms with Crippen LogP contribution in [0.3, 0.4) is 0 Å². The zero-order chi connectivity index (χ0) is 10.2. The molecule has 74 valence electrons. The quantitative estimate of drug-likeness (QED) is 0.575. The molecule has 0 rings (SSSR count). The summed E-state index contributed by atoms with van der Waals surface area (Å²) in [5, 5.41) is -0.773. The third-order valence-electron chi connectivity index (χ3n) is 1.88. The zero-order valence-electron chi connectivity index (χ0n) is 8.55. The van der Waals surface area contributed by atoms with Crippen molar-refractivity contribution in [2.45, 2.75) is 46.1 Å². The van der Waals surface area contributed by atoms with E-state index in [9.17, 15) is 0 Å². The fourth-order valence-electron chi connectivity index (χ4n) is 1.44. The van der Waals surface area contributed by atoms with E-state index in [0.29, 0.717) is 6.42 Å². The van der Waals surface area contributed by atoms with Gasteiger partial charge in [-0.25, -0.2) is 0 Å². The van der Waals surface area contributed by atoms with E-state index in [1.165, 1.54) is 0 Å². The van der Waals surface area contributed by atoms with Gasteiger partial charge in [-0.05, 0) is 11.8 Å². The monoisotopic (exact) mass is 192 g/mol. The lowest BCUT2D eigenvalue weighted by atomic mass is 9.86. The zero-order valence-corrected chi connectivity index (χ0v) is 9.55. The first-order valence-corrected chi connectivity index (χ1v) is 5.97. The molecule has 0 aliphatic heterocycles. The van der Waals surface area contributed by atoms with Gasteiger partial charge < -0.3 is 14.4 Å². The first-order valence-electron chi connectivity index (χ1n) is 4.13. The molecule has 3 N–H and O–H groups in total. The van der Waals surface area contributed by atoms with E-state index in [1.807, 2.05) is 20.8 Å². The summed E-state index contributed by atoms with van der Waals surface area (Å²) in [6.45, 7) is 9.40. The standard InChI is InChI=1S/C8H20O3Si/c1-7(2,3)6-8(4,5)12(9,10)11/h9-11H,6H2,1-5H3. The molecule has 0 aliphatic rings. The molecule has 4 heteroatoms. The van der Waals surface area contributed by atoms with Crippen LogP contribution in [-0.2, 0) is 0 Å². The van der Waals surface area contributed by atoms with Crippen molar-refractivity contribution in [2.75, 3.05) is 0 Å². The predicted octanol–water partition coefficient (Wildman–Crippen LogP) is 1.12. The highest BCUT2D eigenvalue weighted by molar-refractivity contribution is 6.59. The van der Waals surface area contributed by atoms with Crippen molar-refractivity contribution in [1.29, 1.82) is 0 Å². The summed E-state index contributed by atoms with van der Waals surface area (Å²) < 4.78 is 0. The molecule has 0 saturated heterocycles. The second kappa shape index (κ2) is 3.10. The van der Waals surface area contributed by atoms with Crippen LogP contribution in [0, 0.1) is 5.41 Å². The lowest BCUT2D eigenvalue weighted by molar-refractivity contribution is 0.161. The Bertz CT molecular complexity index is 153. The van der Waals surface area contributed by atoms with Crippen LogP contribution in [0.15, 0.2) is 0 Å². The predicted molar refractivity (Wildman–Crippen MR) is 50.5 cm³/mol. The topological polar surface area (TPSA) is 60.7 Å². The molecule has 0 fully saturated rings. The van der Waals surface area contributed by atoms with Gasteiger partial charge >= 0.3 is 8.80 Å². The van der Waals surface area contributed by atoms with Crippen LogP contribution in [0.4, 0.5) is 0 Å². The van der Waals surface area contributed by atoms with E-state index in [2.05, 4.69) is 0 Å². The van der Waals surface area contributed by atoms with Crippen LogP contribution in [0.1, 0.15) is 41.0 Å². The maximum atomic E-state index is 9.16. The SMILES string of the molecule is CC(C)(C)CC(C)(C)[Si](O)(O)O. The lowest BCUT2D eigenvalue weighted by Crippen LogP contribution is -2.47. The third-order valence-corrected chi connectivity index (χ3v) is 3.87. The van der Waals surface area contributed by atoms with Gasteiger partial charge in [-0.1, -0.05) is 34.6 Å². The van der Waals surface area contributed by atoms with Crippen molar-refractivity contribution in [3.8, 4) is 0 Å². The highest BCUT2D eigenvalue weighted by Crippen LogP contribution is 2.42. The van der Waals surface area contributed by atoms with Crippen molar-refractivity contribution >= 4 is 8.80 Å². The summed E-state index contributed by atoms with van der Waals surface area (Å²) in [7, 11) is -3.99. The minimum Gasteiger partial charge on any atom is -0.390 e. The van der Waals surface area contributed by atoms with Crippen molar-refractivity contribution in [3.63, 3.8) is 0 Å². The third kappa shape index (κ3) is 3.67. The van der Waals surface area contributed by atoms with E-state index >= 15 is 0 Å². The highest BCUT2D eigenvalue weighted by Gasteiger charge is 2.48. The summed E-state index contributed by atoms with van der Waals surface area (Å²) in [6, 6.07) is 0. The van der Waals surface area contributed by atoms with Gasteiger partial charge in [0.15, 0.2) is 0 Å². The molecule has 0 aromatic rings. The molecule has 3 nitrogen and oxygen atoms in total. The Kier molecular flexibility index (Phi) is 3.13. The maximum Gasteiger partial charge on any atom is 0.498 e. The van der Waals surface area contributed by atoms with Gasteiger partial charge in [-0.15, -0.1) is 0 Å². The van der Waals surface area contributed by atoms with Crippen molar-refractivity contribution in [2.24, 2.45) is 5.41 Å². The summed E-state index contributed by atoms with van der Waals surface area (Å²) in [6.07, 6.45) is 0.593. The minimum absolute atomic E-state index is 0.00403. The first-order chi connectivity index (χ1) is 4.96. The normalized spacial score (nSPS) is 15.0. The molecular weight excluding hydrogens is 172 g/mol. The fraction of sp³-hybridized carbons (Fsp3) is 1.00. The molecule has 0 heterocycles. The number of hydrogen-bond donors (Lipinski definition) is 3. The molecular formula is C8H20O3Si. The van der Waals surface area contributed by atoms with E-state index < -0.39 is 13.8 Å². The lowest BCUT2D eigenvalue weighted by Gasteiger charge is -2.35. The molecule has 0 aliphatic carbocycles. The van der Waals surface area contributed by atoms with Gasteiger partial charge in [0.1, 0.15) is 0 Å². The van der Waals surface area contributed by atoms with Gasteiger partial charge in [0, 0.05) is 5.04 Å². The van der Waals surface area contributed by atoms with E-state index in [-0.39, 0.29) is 5.41 Å². The highest BCUT2D eigenvalue weighted by atomic mass is 28.4. The van der Waals surface area contributed by atoms with Gasteiger partial charge in [0.25, 0.3) is 0 Å². The average molecular weight is 192 g/mol. The Morgan fingerprint density at radius 1 is 0.917 bits per heavy atom. The maximum absolute atomic E-state index is 9.16. The summed E-state index contributed by atoms with van der Waals surface area (Å²) >= 11 is 0. The second-order valence-corrected chi connectivity index (χ2v) is 7.88. The Hall–Kier alpha value is 0.0969. The number of hydrogen-bond acceptors (Lipinski definition) is 3. The molecule has 0 saturated carbocycles. The van der Waals surface area contributed by atoms with Gasteiger partial charge in [0.2, 0.25) is 0 Å². The summed E-state index contributed by atoms with van der Waals surface area (Å²) in [4.78, 5) is 27.5. The van der Waals surface area contributed by atoms with E-state index in [4.69, 9.17) is 14.4 Å². The van der Waals surface area contributed by atoms with Crippen molar-refractivity contribution < 1.29 is 14.4 Å². The Balaban J connectivity index is 4.44. The Morgan fingerprint density at radius 3 is 1.33 bits per heavy atom. The second-order valence-electron chi connectivity index (χ2n) is 5.26. The van der Waals surface area contributed by atoms with Crippen LogP contribution in [-0.4, -0.2) is 23.2 Å². The molecule has 0 aromatic carbocycles. The van der Waals surface area contributed by atoms with Crippen molar-refractivity contribution in [1.82, 2.24) is 0 Å². The summed E-state index contributed by atoms with van der Waals surface area (Å²) in [5.41, 5.74) is -0.00403. The van der Waals surface area contributed by atoms with Gasteiger partial charge in [-0.3, -0.25) is 0 Å². The molecule has 0 unspecified atom stereocenters. The average Bonchev–Trinajstić information content (AvgIpc) is 1.52. The van der Waals surface area contributed by atoms with Crippen LogP contribution in [0.2, 0.25) is 5.04 Å². The van der Waals surface area contributed by atoms with Gasteiger partial charge in [0.05, 0.1) is 0 Å². The molecule has 0 bridgehead atoms. The molecule has 0 spiro atoms. The fourth-order valence-corrected chi connectivity index (χ4v) is 2.21. The molecule has 0 aromatic heterocycles. The molecule has 0 amide bonds. The number of rotatable bonds is 2. The first kappa shape index (κ1) is 12.1. The van der Waals surface area contributed by atoms with E-state index in [1.54, 1.807) is 13.8 Å². The van der Waals surface area contributed by atoms with Gasteiger partial charge in [-0.2, -0.15) is 0 Å². The Labute approximate surface area is 75.4 Å². The minimum atomic E-state index is -3.99. The molecule has 0 atom stereocenters. The van der Waals surface area contributed by atoms with Crippen molar-refractivity contribution in [3.05, 3.63) is 0 Å². The van der Waals surface area contributed by atoms with Crippen LogP contribution in [0.5, 0.6) is 0 Å². The smallest absolute Gasteiger partial charge is 0.390 e. The largest absolute Gasteiger partial charge is 0.498 e.